The predicted molar refractivity (Wildman–Crippen MR) is 107 cm³/mol. The van der Waals surface area contributed by atoms with E-state index in [1.807, 2.05) is 12.1 Å². The summed E-state index contributed by atoms with van der Waals surface area (Å²) in [6.45, 7) is 3.12. The van der Waals surface area contributed by atoms with Crippen molar-refractivity contribution in [2.75, 3.05) is 6.61 Å². The van der Waals surface area contributed by atoms with E-state index in [4.69, 9.17) is 4.74 Å². The molecule has 2 N–H and O–H groups in total. The molecule has 1 aromatic carbocycles. The van der Waals surface area contributed by atoms with Gasteiger partial charge < -0.3 is 19.4 Å². The molecular weight excluding hydrogens is 397 g/mol. The lowest BCUT2D eigenvalue weighted by Gasteiger charge is -2.39. The van der Waals surface area contributed by atoms with Gasteiger partial charge in [0.25, 0.3) is 0 Å². The highest BCUT2D eigenvalue weighted by molar-refractivity contribution is 5.75. The molecule has 30 heavy (non-hydrogen) atoms. The van der Waals surface area contributed by atoms with Crippen molar-refractivity contribution in [2.24, 2.45) is 0 Å². The van der Waals surface area contributed by atoms with Crippen LogP contribution in [0, 0.1) is 0 Å². The predicted octanol–water partition coefficient (Wildman–Crippen LogP) is 3.93. The number of hydrogen-bond acceptors (Lipinski definition) is 3. The van der Waals surface area contributed by atoms with Gasteiger partial charge >= 0.3 is 6.18 Å². The number of nitrogens with one attached hydrogen (secondary N) is 1. The van der Waals surface area contributed by atoms with Gasteiger partial charge in [0.15, 0.2) is 5.60 Å². The number of H-pyrrole nitrogens is 1. The van der Waals surface area contributed by atoms with Crippen molar-refractivity contribution < 1.29 is 23.0 Å². The molecule has 0 fully saturated rings. The molecule has 1 unspecified atom stereocenters. The van der Waals surface area contributed by atoms with Crippen LogP contribution in [-0.2, 0) is 18.4 Å². The van der Waals surface area contributed by atoms with Crippen LogP contribution in [-0.4, -0.2) is 33.0 Å². The molecule has 1 aliphatic heterocycles. The summed E-state index contributed by atoms with van der Waals surface area (Å²) < 4.78 is 49.4. The Hall–Kier alpha value is -2.74. The molecule has 0 spiro atoms. The van der Waals surface area contributed by atoms with Crippen molar-refractivity contribution in [3.63, 3.8) is 0 Å². The molecule has 0 saturated heterocycles. The highest BCUT2D eigenvalue weighted by Crippen LogP contribution is 2.46. The highest BCUT2D eigenvalue weighted by atomic mass is 19.4. The maximum atomic E-state index is 14.2. The van der Waals surface area contributed by atoms with E-state index in [0.29, 0.717) is 29.9 Å². The fraction of sp³-hybridized carbons (Fsp3) is 0.409. The van der Waals surface area contributed by atoms with Crippen molar-refractivity contribution in [3.05, 3.63) is 64.1 Å². The fourth-order valence-electron chi connectivity index (χ4n) is 4.36. The quantitative estimate of drug-likeness (QED) is 0.657. The topological polar surface area (TPSA) is 67.2 Å². The summed E-state index contributed by atoms with van der Waals surface area (Å²) in [5, 5.41) is 10.9. The van der Waals surface area contributed by atoms with E-state index in [1.54, 1.807) is 19.9 Å². The van der Waals surface area contributed by atoms with Gasteiger partial charge in [-0.15, -0.1) is 0 Å². The number of aromatic nitrogens is 2. The molecule has 1 aliphatic rings. The minimum Gasteiger partial charge on any atom is -0.493 e. The zero-order chi connectivity index (χ0) is 21.7. The van der Waals surface area contributed by atoms with Gasteiger partial charge in [0.2, 0.25) is 5.43 Å². The molecule has 5 nitrogen and oxygen atoms in total. The third kappa shape index (κ3) is 3.39. The van der Waals surface area contributed by atoms with E-state index in [0.717, 1.165) is 5.56 Å². The standard InChI is InChI=1S/C22H23F3N2O3/c1-20(2,15-5-3-4-14-8-11-30-19(14)15)12-21(29,22(23,24)25)13-27-10-7-17(28)18-16(27)6-9-26-18/h3-7,9-10,26,29H,8,11-13H2,1-2H3. The average molecular weight is 420 g/mol. The summed E-state index contributed by atoms with van der Waals surface area (Å²) in [5.41, 5.74) is -2.23. The molecular formula is C22H23F3N2O3. The number of nitrogens with zero attached hydrogens (tertiary/aromatic N) is 1. The average Bonchev–Trinajstić information content (AvgIpc) is 3.31. The Morgan fingerprint density at radius 3 is 2.70 bits per heavy atom. The summed E-state index contributed by atoms with van der Waals surface area (Å²) in [5.74, 6) is 0.614. The third-order valence-corrected chi connectivity index (χ3v) is 5.82. The second-order valence-electron chi connectivity index (χ2n) is 8.53. The molecule has 0 saturated carbocycles. The summed E-state index contributed by atoms with van der Waals surface area (Å²) in [7, 11) is 0. The lowest BCUT2D eigenvalue weighted by molar-refractivity contribution is -0.271. The minimum absolute atomic E-state index is 0.204. The van der Waals surface area contributed by atoms with Gasteiger partial charge in [-0.2, -0.15) is 13.2 Å². The maximum Gasteiger partial charge on any atom is 0.418 e. The van der Waals surface area contributed by atoms with Gasteiger partial charge in [0.05, 0.1) is 18.7 Å². The van der Waals surface area contributed by atoms with Crippen molar-refractivity contribution in [3.8, 4) is 5.75 Å². The van der Waals surface area contributed by atoms with E-state index in [2.05, 4.69) is 4.98 Å². The first kappa shape index (κ1) is 20.5. The Kier molecular flexibility index (Phi) is 4.73. The molecule has 0 amide bonds. The first-order valence-corrected chi connectivity index (χ1v) is 9.73. The summed E-state index contributed by atoms with van der Waals surface area (Å²) in [4.78, 5) is 14.7. The zero-order valence-corrected chi connectivity index (χ0v) is 16.7. The summed E-state index contributed by atoms with van der Waals surface area (Å²) in [6, 6.07) is 8.18. The van der Waals surface area contributed by atoms with Crippen LogP contribution < -0.4 is 10.2 Å². The molecule has 8 heteroatoms. The van der Waals surface area contributed by atoms with Gasteiger partial charge in [-0.05, 0) is 23.5 Å². The van der Waals surface area contributed by atoms with Gasteiger partial charge in [-0.3, -0.25) is 4.79 Å². The maximum absolute atomic E-state index is 14.2. The Morgan fingerprint density at radius 2 is 1.97 bits per heavy atom. The Morgan fingerprint density at radius 1 is 1.20 bits per heavy atom. The van der Waals surface area contributed by atoms with Gasteiger partial charge in [-0.1, -0.05) is 32.0 Å². The monoisotopic (exact) mass is 420 g/mol. The number of para-hydroxylation sites is 1. The number of alkyl halides is 3. The Labute approximate surface area is 171 Å². The molecule has 3 aromatic rings. The molecule has 0 bridgehead atoms. The van der Waals surface area contributed by atoms with Crippen LogP contribution in [0.4, 0.5) is 13.2 Å². The van der Waals surface area contributed by atoms with Gasteiger partial charge in [0.1, 0.15) is 11.3 Å². The molecule has 160 valence electrons. The van der Waals surface area contributed by atoms with Crippen LogP contribution in [0.2, 0.25) is 0 Å². The van der Waals surface area contributed by atoms with E-state index >= 15 is 0 Å². The normalized spacial score (nSPS) is 16.3. The van der Waals surface area contributed by atoms with Crippen LogP contribution >= 0.6 is 0 Å². The number of rotatable bonds is 5. The van der Waals surface area contributed by atoms with E-state index in [-0.39, 0.29) is 10.9 Å². The fourth-order valence-corrected chi connectivity index (χ4v) is 4.36. The number of ether oxygens (including phenoxy) is 1. The highest BCUT2D eigenvalue weighted by Gasteiger charge is 2.56. The first-order chi connectivity index (χ1) is 14.0. The number of benzene rings is 1. The number of pyridine rings is 1. The van der Waals surface area contributed by atoms with E-state index < -0.39 is 30.2 Å². The van der Waals surface area contributed by atoms with Crippen molar-refractivity contribution in [2.45, 2.75) is 50.4 Å². The van der Waals surface area contributed by atoms with Gasteiger partial charge in [-0.25, -0.2) is 0 Å². The molecule has 3 heterocycles. The molecule has 1 atom stereocenters. The van der Waals surface area contributed by atoms with Crippen molar-refractivity contribution >= 4 is 11.0 Å². The minimum atomic E-state index is -4.88. The van der Waals surface area contributed by atoms with Crippen molar-refractivity contribution in [1.82, 2.24) is 9.55 Å². The second-order valence-corrected chi connectivity index (χ2v) is 8.53. The SMILES string of the molecule is CC(C)(CC(O)(Cn1ccc(=O)c2[nH]ccc21)C(F)(F)F)c1cccc2c1OCC2. The molecule has 4 rings (SSSR count). The summed E-state index contributed by atoms with van der Waals surface area (Å²) >= 11 is 0. The largest absolute Gasteiger partial charge is 0.493 e. The van der Waals surface area contributed by atoms with E-state index in [9.17, 15) is 23.1 Å². The third-order valence-electron chi connectivity index (χ3n) is 5.82. The molecule has 0 radical (unpaired) electrons. The van der Waals surface area contributed by atoms with Crippen LogP contribution in [0.15, 0.2) is 47.5 Å². The van der Waals surface area contributed by atoms with E-state index in [1.165, 1.54) is 29.1 Å². The number of hydrogen-bond donors (Lipinski definition) is 2. The lowest BCUT2D eigenvalue weighted by atomic mass is 9.74. The number of halogens is 3. The number of fused-ring (bicyclic) bond motifs is 2. The Bertz CT molecular complexity index is 1150. The molecule has 0 aliphatic carbocycles. The van der Waals surface area contributed by atoms with Crippen LogP contribution in [0.3, 0.4) is 0 Å². The van der Waals surface area contributed by atoms with Crippen LogP contribution in [0.25, 0.3) is 11.0 Å². The lowest BCUT2D eigenvalue weighted by Crippen LogP contribution is -2.52. The molecule has 2 aromatic heterocycles. The second kappa shape index (κ2) is 6.91. The van der Waals surface area contributed by atoms with Crippen LogP contribution in [0.1, 0.15) is 31.4 Å². The number of aromatic amines is 1. The Balaban J connectivity index is 1.74. The zero-order valence-electron chi connectivity index (χ0n) is 16.7. The smallest absolute Gasteiger partial charge is 0.418 e. The van der Waals surface area contributed by atoms with Crippen LogP contribution in [0.5, 0.6) is 5.75 Å². The first-order valence-electron chi connectivity index (χ1n) is 9.73. The summed E-state index contributed by atoms with van der Waals surface area (Å²) in [6.07, 6.45) is -1.96. The van der Waals surface area contributed by atoms with Gasteiger partial charge in [0, 0.05) is 30.4 Å². The van der Waals surface area contributed by atoms with Crippen molar-refractivity contribution in [1.29, 1.82) is 0 Å². The number of aliphatic hydroxyl groups is 1.